The molecule has 0 saturated carbocycles. The lowest BCUT2D eigenvalue weighted by Crippen LogP contribution is -2.44. The summed E-state index contributed by atoms with van der Waals surface area (Å²) in [6, 6.07) is 7.06. The van der Waals surface area contributed by atoms with E-state index >= 15 is 0 Å². The van der Waals surface area contributed by atoms with Crippen LogP contribution in [0.1, 0.15) is 5.89 Å². The van der Waals surface area contributed by atoms with Crippen molar-refractivity contribution in [2.24, 2.45) is 5.73 Å². The lowest BCUT2D eigenvalue weighted by molar-refractivity contribution is 0.0937. The van der Waals surface area contributed by atoms with Gasteiger partial charge in [-0.3, -0.25) is 0 Å². The molecule has 2 rings (SSSR count). The summed E-state index contributed by atoms with van der Waals surface area (Å²) in [6.07, 6.45) is 0. The lowest BCUT2D eigenvalue weighted by Gasteiger charge is -2.18. The summed E-state index contributed by atoms with van der Waals surface area (Å²) in [7, 11) is 1.58. The second-order valence-corrected chi connectivity index (χ2v) is 4.12. The maximum absolute atomic E-state index is 9.16. The minimum absolute atomic E-state index is 0.0108. The maximum Gasteiger partial charge on any atom is 0.251 e. The fourth-order valence-electron chi connectivity index (χ4n) is 1.47. The van der Waals surface area contributed by atoms with Crippen molar-refractivity contribution in [3.63, 3.8) is 0 Å². The fraction of sp³-hybridized carbons (Fsp3) is 0.333. The van der Waals surface area contributed by atoms with Crippen LogP contribution in [0.4, 0.5) is 0 Å². The Bertz CT molecular complexity index is 534. The number of hydrogen-bond acceptors (Lipinski definition) is 7. The van der Waals surface area contributed by atoms with E-state index in [-0.39, 0.29) is 5.89 Å². The van der Waals surface area contributed by atoms with E-state index in [2.05, 4.69) is 10.1 Å². The Kier molecular flexibility index (Phi) is 3.79. The van der Waals surface area contributed by atoms with Crippen molar-refractivity contribution in [2.75, 3.05) is 20.3 Å². The van der Waals surface area contributed by atoms with E-state index in [4.69, 9.17) is 25.2 Å². The number of ether oxygens (including phenoxy) is 1. The molecule has 1 aromatic carbocycles. The zero-order valence-electron chi connectivity index (χ0n) is 10.4. The normalized spacial score (nSPS) is 11.6. The number of benzene rings is 1. The van der Waals surface area contributed by atoms with E-state index in [0.29, 0.717) is 17.1 Å². The van der Waals surface area contributed by atoms with Crippen molar-refractivity contribution in [1.82, 2.24) is 10.1 Å². The molecule has 4 N–H and O–H groups in total. The molecule has 0 unspecified atom stereocenters. The molecule has 0 radical (unpaired) electrons. The van der Waals surface area contributed by atoms with Crippen molar-refractivity contribution in [3.8, 4) is 17.1 Å². The standard InChI is InChI=1S/C12H15N3O4/c1-18-9-4-2-8(3-5-9)10-14-11(19-15-10)12(13,6-16)7-17/h2-5,16-17H,6-7,13H2,1H3. The predicted molar refractivity (Wildman–Crippen MR) is 66.3 cm³/mol. The number of methoxy groups -OCH3 is 1. The number of aliphatic hydroxyl groups excluding tert-OH is 2. The third kappa shape index (κ3) is 2.58. The molecule has 0 aliphatic carbocycles. The quantitative estimate of drug-likeness (QED) is 0.690. The average Bonchev–Trinajstić information content (AvgIpc) is 2.97. The van der Waals surface area contributed by atoms with Crippen molar-refractivity contribution in [2.45, 2.75) is 5.54 Å². The van der Waals surface area contributed by atoms with Crippen LogP contribution in [0, 0.1) is 0 Å². The minimum atomic E-state index is -1.43. The van der Waals surface area contributed by atoms with Gasteiger partial charge in [0.2, 0.25) is 5.82 Å². The topological polar surface area (TPSA) is 115 Å². The van der Waals surface area contributed by atoms with Gasteiger partial charge in [0.25, 0.3) is 5.89 Å². The van der Waals surface area contributed by atoms with Gasteiger partial charge < -0.3 is 25.2 Å². The van der Waals surface area contributed by atoms with Gasteiger partial charge in [-0.2, -0.15) is 4.98 Å². The summed E-state index contributed by atoms with van der Waals surface area (Å²) in [5.74, 6) is 1.03. The smallest absolute Gasteiger partial charge is 0.251 e. The lowest BCUT2D eigenvalue weighted by atomic mass is 10.0. The molecule has 102 valence electrons. The van der Waals surface area contributed by atoms with Gasteiger partial charge >= 0.3 is 0 Å². The number of nitrogens with two attached hydrogens (primary N) is 1. The van der Waals surface area contributed by atoms with Crippen LogP contribution < -0.4 is 10.5 Å². The van der Waals surface area contributed by atoms with Crippen LogP contribution in [0.2, 0.25) is 0 Å². The molecular weight excluding hydrogens is 250 g/mol. The first kappa shape index (κ1) is 13.5. The molecule has 7 nitrogen and oxygen atoms in total. The Morgan fingerprint density at radius 1 is 1.26 bits per heavy atom. The number of aromatic nitrogens is 2. The Morgan fingerprint density at radius 3 is 2.42 bits per heavy atom. The Hall–Kier alpha value is -1.96. The number of nitrogens with zero attached hydrogens (tertiary/aromatic N) is 2. The second kappa shape index (κ2) is 5.35. The van der Waals surface area contributed by atoms with Crippen LogP contribution in [0.15, 0.2) is 28.8 Å². The zero-order valence-corrected chi connectivity index (χ0v) is 10.4. The highest BCUT2D eigenvalue weighted by Gasteiger charge is 2.32. The molecule has 0 aliphatic heterocycles. The van der Waals surface area contributed by atoms with E-state index < -0.39 is 18.8 Å². The van der Waals surface area contributed by atoms with Crippen molar-refractivity contribution in [1.29, 1.82) is 0 Å². The van der Waals surface area contributed by atoms with Crippen LogP contribution in [-0.2, 0) is 5.54 Å². The second-order valence-electron chi connectivity index (χ2n) is 4.12. The first-order chi connectivity index (χ1) is 9.12. The van der Waals surface area contributed by atoms with Gasteiger partial charge in [0.1, 0.15) is 11.3 Å². The first-order valence-electron chi connectivity index (χ1n) is 5.62. The van der Waals surface area contributed by atoms with Gasteiger partial charge in [-0.25, -0.2) is 0 Å². The zero-order chi connectivity index (χ0) is 13.9. The highest BCUT2D eigenvalue weighted by atomic mass is 16.5. The molecule has 7 heteroatoms. The highest BCUT2D eigenvalue weighted by Crippen LogP contribution is 2.22. The molecule has 1 aromatic heterocycles. The van der Waals surface area contributed by atoms with Crippen molar-refractivity contribution in [3.05, 3.63) is 30.2 Å². The van der Waals surface area contributed by atoms with E-state index in [1.807, 2.05) is 0 Å². The van der Waals surface area contributed by atoms with Crippen LogP contribution in [0.3, 0.4) is 0 Å². The van der Waals surface area contributed by atoms with Gasteiger partial charge in [0.05, 0.1) is 20.3 Å². The van der Waals surface area contributed by atoms with Crippen LogP contribution >= 0.6 is 0 Å². The van der Waals surface area contributed by atoms with Crippen LogP contribution in [0.25, 0.3) is 11.4 Å². The molecule has 0 amide bonds. The summed E-state index contributed by atoms with van der Waals surface area (Å²) < 4.78 is 10.0. The van der Waals surface area contributed by atoms with Gasteiger partial charge in [-0.05, 0) is 24.3 Å². The Morgan fingerprint density at radius 2 is 1.89 bits per heavy atom. The molecule has 0 aliphatic rings. The minimum Gasteiger partial charge on any atom is -0.497 e. The SMILES string of the molecule is COc1ccc(-c2noc(C(N)(CO)CO)n2)cc1. The predicted octanol–water partition coefficient (Wildman–Crippen LogP) is -0.116. The molecule has 1 heterocycles. The van der Waals surface area contributed by atoms with Gasteiger partial charge in [0, 0.05) is 5.56 Å². The highest BCUT2D eigenvalue weighted by molar-refractivity contribution is 5.55. The Labute approximate surface area is 109 Å². The first-order valence-corrected chi connectivity index (χ1v) is 5.62. The number of hydrogen-bond donors (Lipinski definition) is 3. The van der Waals surface area contributed by atoms with Gasteiger partial charge in [-0.15, -0.1) is 0 Å². The number of rotatable bonds is 5. The van der Waals surface area contributed by atoms with Crippen molar-refractivity contribution >= 4 is 0 Å². The molecule has 0 fully saturated rings. The van der Waals surface area contributed by atoms with Crippen LogP contribution in [-0.4, -0.2) is 40.7 Å². The molecule has 0 saturated heterocycles. The molecule has 0 atom stereocenters. The average molecular weight is 265 g/mol. The summed E-state index contributed by atoms with van der Waals surface area (Å²) in [5.41, 5.74) is 5.02. The molecular formula is C12H15N3O4. The van der Waals surface area contributed by atoms with E-state index in [1.54, 1.807) is 31.4 Å². The van der Waals surface area contributed by atoms with Gasteiger partial charge in [-0.1, -0.05) is 5.16 Å². The molecule has 0 bridgehead atoms. The molecule has 19 heavy (non-hydrogen) atoms. The van der Waals surface area contributed by atoms with E-state index in [1.165, 1.54) is 0 Å². The molecule has 2 aromatic rings. The van der Waals surface area contributed by atoms with Gasteiger partial charge in [0.15, 0.2) is 0 Å². The monoisotopic (exact) mass is 265 g/mol. The third-order valence-corrected chi connectivity index (χ3v) is 2.76. The summed E-state index contributed by atoms with van der Waals surface area (Å²) in [6.45, 7) is -0.985. The summed E-state index contributed by atoms with van der Waals surface area (Å²) in [5, 5.41) is 22.1. The summed E-state index contributed by atoms with van der Waals surface area (Å²) >= 11 is 0. The largest absolute Gasteiger partial charge is 0.497 e. The Balaban J connectivity index is 2.29. The van der Waals surface area contributed by atoms with E-state index in [9.17, 15) is 0 Å². The number of aliphatic hydroxyl groups is 2. The van der Waals surface area contributed by atoms with Crippen molar-refractivity contribution < 1.29 is 19.5 Å². The van der Waals surface area contributed by atoms with Crippen LogP contribution in [0.5, 0.6) is 5.75 Å². The third-order valence-electron chi connectivity index (χ3n) is 2.76. The van der Waals surface area contributed by atoms with E-state index in [0.717, 1.165) is 0 Å². The summed E-state index contributed by atoms with van der Waals surface area (Å²) in [4.78, 5) is 4.09. The maximum atomic E-state index is 9.16. The molecule has 0 spiro atoms. The fourth-order valence-corrected chi connectivity index (χ4v) is 1.47.